The van der Waals surface area contributed by atoms with Gasteiger partial charge in [-0.25, -0.2) is 4.79 Å². The zero-order valence-corrected chi connectivity index (χ0v) is 15.3. The molecule has 0 unspecified atom stereocenters. The average Bonchev–Trinajstić information content (AvgIpc) is 2.48. The van der Waals surface area contributed by atoms with Crippen molar-refractivity contribution in [3.63, 3.8) is 0 Å². The Bertz CT molecular complexity index is 775. The summed E-state index contributed by atoms with van der Waals surface area (Å²) in [5, 5.41) is 3.85. The van der Waals surface area contributed by atoms with Gasteiger partial charge in [0, 0.05) is 15.7 Å². The van der Waals surface area contributed by atoms with Crippen molar-refractivity contribution in [2.45, 2.75) is 13.0 Å². The quantitative estimate of drug-likeness (QED) is 0.683. The maximum absolute atomic E-state index is 12.1. The van der Waals surface area contributed by atoms with E-state index in [-0.39, 0.29) is 10.6 Å². The zero-order chi connectivity index (χ0) is 17.9. The number of esters is 1. The molecule has 0 fully saturated rings. The molecule has 0 heterocycles. The van der Waals surface area contributed by atoms with Crippen LogP contribution in [0.2, 0.25) is 20.1 Å². The molecule has 0 aliphatic rings. The standard InChI is InChI=1S/C16H11Cl4NO3/c1-8(15(22)21-12-6-10(17)5-11(18)7-12)24-16(23)9-2-3-13(19)14(20)4-9/h2-8H,1H3,(H,21,22)/t8-/m0/s1. The molecule has 4 nitrogen and oxygen atoms in total. The molecule has 24 heavy (non-hydrogen) atoms. The van der Waals surface area contributed by atoms with Crippen LogP contribution in [0.1, 0.15) is 17.3 Å². The largest absolute Gasteiger partial charge is 0.449 e. The van der Waals surface area contributed by atoms with E-state index in [2.05, 4.69) is 5.32 Å². The van der Waals surface area contributed by atoms with Crippen molar-refractivity contribution in [1.29, 1.82) is 0 Å². The number of nitrogens with one attached hydrogen (secondary N) is 1. The number of hydrogen-bond donors (Lipinski definition) is 1. The Morgan fingerprint density at radius 2 is 1.58 bits per heavy atom. The second-order valence-electron chi connectivity index (χ2n) is 4.82. The van der Waals surface area contributed by atoms with Gasteiger partial charge in [-0.3, -0.25) is 4.79 Å². The average molecular weight is 407 g/mol. The molecule has 0 saturated carbocycles. The van der Waals surface area contributed by atoms with Gasteiger partial charge in [0.2, 0.25) is 0 Å². The van der Waals surface area contributed by atoms with Gasteiger partial charge < -0.3 is 10.1 Å². The second kappa shape index (κ2) is 8.08. The molecule has 0 aliphatic heterocycles. The van der Waals surface area contributed by atoms with Crippen molar-refractivity contribution in [3.8, 4) is 0 Å². The van der Waals surface area contributed by atoms with Gasteiger partial charge in [0.15, 0.2) is 6.10 Å². The highest BCUT2D eigenvalue weighted by molar-refractivity contribution is 6.42. The number of carbonyl (C=O) groups is 2. The zero-order valence-electron chi connectivity index (χ0n) is 12.3. The van der Waals surface area contributed by atoms with Crippen molar-refractivity contribution in [2.24, 2.45) is 0 Å². The summed E-state index contributed by atoms with van der Waals surface area (Å²) in [6, 6.07) is 8.88. The van der Waals surface area contributed by atoms with Gasteiger partial charge in [0.25, 0.3) is 5.91 Å². The predicted octanol–water partition coefficient (Wildman–Crippen LogP) is 5.48. The van der Waals surface area contributed by atoms with E-state index in [4.69, 9.17) is 51.1 Å². The van der Waals surface area contributed by atoms with Gasteiger partial charge in [0.05, 0.1) is 15.6 Å². The van der Waals surface area contributed by atoms with E-state index in [1.807, 2.05) is 0 Å². The van der Waals surface area contributed by atoms with Gasteiger partial charge in [0.1, 0.15) is 0 Å². The SMILES string of the molecule is C[C@H](OC(=O)c1ccc(Cl)c(Cl)c1)C(=O)Nc1cc(Cl)cc(Cl)c1. The van der Waals surface area contributed by atoms with Crippen molar-refractivity contribution < 1.29 is 14.3 Å². The molecule has 2 aromatic carbocycles. The minimum atomic E-state index is -1.04. The van der Waals surface area contributed by atoms with E-state index in [0.29, 0.717) is 20.8 Å². The number of amides is 1. The number of hydrogen-bond acceptors (Lipinski definition) is 3. The molecule has 126 valence electrons. The highest BCUT2D eigenvalue weighted by Gasteiger charge is 2.20. The summed E-state index contributed by atoms with van der Waals surface area (Å²) in [6.07, 6.45) is -1.04. The number of halogens is 4. The lowest BCUT2D eigenvalue weighted by Crippen LogP contribution is -2.30. The molecule has 0 aliphatic carbocycles. The lowest BCUT2D eigenvalue weighted by molar-refractivity contribution is -0.123. The first-order valence-electron chi connectivity index (χ1n) is 6.69. The van der Waals surface area contributed by atoms with Crippen molar-refractivity contribution in [1.82, 2.24) is 0 Å². The van der Waals surface area contributed by atoms with Crippen LogP contribution >= 0.6 is 46.4 Å². The maximum Gasteiger partial charge on any atom is 0.338 e. The van der Waals surface area contributed by atoms with Crippen molar-refractivity contribution in [3.05, 3.63) is 62.1 Å². The topological polar surface area (TPSA) is 55.4 Å². The maximum atomic E-state index is 12.1. The van der Waals surface area contributed by atoms with Gasteiger partial charge in [-0.15, -0.1) is 0 Å². The number of benzene rings is 2. The Morgan fingerprint density at radius 3 is 2.17 bits per heavy atom. The minimum Gasteiger partial charge on any atom is -0.449 e. The van der Waals surface area contributed by atoms with E-state index in [9.17, 15) is 9.59 Å². The van der Waals surface area contributed by atoms with Crippen LogP contribution in [0.5, 0.6) is 0 Å². The molecule has 8 heteroatoms. The summed E-state index contributed by atoms with van der Waals surface area (Å²) in [5.41, 5.74) is 0.588. The molecule has 0 radical (unpaired) electrons. The molecule has 0 saturated heterocycles. The summed E-state index contributed by atoms with van der Waals surface area (Å²) < 4.78 is 5.11. The Balaban J connectivity index is 2.02. The summed E-state index contributed by atoms with van der Waals surface area (Å²) in [5.74, 6) is -1.22. The third kappa shape index (κ3) is 5.02. The number of carbonyl (C=O) groups excluding carboxylic acids is 2. The van der Waals surface area contributed by atoms with Gasteiger partial charge >= 0.3 is 5.97 Å². The third-order valence-electron chi connectivity index (χ3n) is 2.94. The summed E-state index contributed by atoms with van der Waals surface area (Å²) in [6.45, 7) is 1.44. The van der Waals surface area contributed by atoms with Crippen LogP contribution in [0.4, 0.5) is 5.69 Å². The van der Waals surface area contributed by atoms with Gasteiger partial charge in [-0.2, -0.15) is 0 Å². The fourth-order valence-electron chi connectivity index (χ4n) is 1.78. The summed E-state index contributed by atoms with van der Waals surface area (Å²) >= 11 is 23.4. The first-order valence-corrected chi connectivity index (χ1v) is 8.20. The van der Waals surface area contributed by atoms with E-state index >= 15 is 0 Å². The molecule has 2 rings (SSSR count). The molecule has 0 spiro atoms. The van der Waals surface area contributed by atoms with Gasteiger partial charge in [-0.1, -0.05) is 46.4 Å². The van der Waals surface area contributed by atoms with Crippen molar-refractivity contribution in [2.75, 3.05) is 5.32 Å². The van der Waals surface area contributed by atoms with Crippen molar-refractivity contribution >= 4 is 64.0 Å². The minimum absolute atomic E-state index is 0.190. The molecular formula is C16H11Cl4NO3. The second-order valence-corrected chi connectivity index (χ2v) is 6.51. The smallest absolute Gasteiger partial charge is 0.338 e. The highest BCUT2D eigenvalue weighted by Crippen LogP contribution is 2.24. The first-order chi connectivity index (χ1) is 11.3. The van der Waals surface area contributed by atoms with Crippen LogP contribution in [0.15, 0.2) is 36.4 Å². The van der Waals surface area contributed by atoms with Crippen LogP contribution in [-0.4, -0.2) is 18.0 Å². The van der Waals surface area contributed by atoms with Crippen LogP contribution in [0.3, 0.4) is 0 Å². The van der Waals surface area contributed by atoms with Crippen LogP contribution in [0, 0.1) is 0 Å². The van der Waals surface area contributed by atoms with Crippen LogP contribution in [-0.2, 0) is 9.53 Å². The predicted molar refractivity (Wildman–Crippen MR) is 96.4 cm³/mol. The van der Waals surface area contributed by atoms with E-state index in [0.717, 1.165) is 0 Å². The Kier molecular flexibility index (Phi) is 6.35. The van der Waals surface area contributed by atoms with E-state index < -0.39 is 18.0 Å². The lowest BCUT2D eigenvalue weighted by Gasteiger charge is -2.14. The first kappa shape index (κ1) is 18.9. The fraction of sp³-hybridized carbons (Fsp3) is 0.125. The third-order valence-corrected chi connectivity index (χ3v) is 4.11. The molecular weight excluding hydrogens is 396 g/mol. The Hall–Kier alpha value is -1.46. The number of rotatable bonds is 4. The highest BCUT2D eigenvalue weighted by atomic mass is 35.5. The monoisotopic (exact) mass is 405 g/mol. The molecule has 0 aromatic heterocycles. The molecule has 1 atom stereocenters. The van der Waals surface area contributed by atoms with Crippen LogP contribution in [0.25, 0.3) is 0 Å². The van der Waals surface area contributed by atoms with E-state index in [1.54, 1.807) is 0 Å². The Labute approximate surface area is 158 Å². The summed E-state index contributed by atoms with van der Waals surface area (Å²) in [7, 11) is 0. The summed E-state index contributed by atoms with van der Waals surface area (Å²) in [4.78, 5) is 24.1. The Morgan fingerprint density at radius 1 is 0.958 bits per heavy atom. The number of ether oxygens (including phenoxy) is 1. The fourth-order valence-corrected chi connectivity index (χ4v) is 2.60. The van der Waals surface area contributed by atoms with Gasteiger partial charge in [-0.05, 0) is 43.3 Å². The van der Waals surface area contributed by atoms with E-state index in [1.165, 1.54) is 43.3 Å². The lowest BCUT2D eigenvalue weighted by atomic mass is 10.2. The number of anilines is 1. The normalized spacial score (nSPS) is 11.7. The molecule has 1 amide bonds. The molecule has 1 N–H and O–H groups in total. The van der Waals surface area contributed by atoms with Crippen LogP contribution < -0.4 is 5.32 Å². The molecule has 2 aromatic rings. The molecule has 0 bridgehead atoms.